The van der Waals surface area contributed by atoms with Gasteiger partial charge in [-0.2, -0.15) is 0 Å². The molecule has 1 unspecified atom stereocenters. The minimum absolute atomic E-state index is 0.0248. The molecule has 1 aromatic heterocycles. The number of thiazole rings is 1. The summed E-state index contributed by atoms with van der Waals surface area (Å²) in [5, 5.41) is 6.12. The lowest BCUT2D eigenvalue weighted by Gasteiger charge is -2.06. The number of benzene rings is 1. The second-order valence-corrected chi connectivity index (χ2v) is 5.69. The number of nitrogens with one attached hydrogen (secondary N) is 1. The molecule has 0 fully saturated rings. The zero-order valence-electron chi connectivity index (χ0n) is 9.70. The van der Waals surface area contributed by atoms with Gasteiger partial charge in [0.25, 0.3) is 0 Å². The van der Waals surface area contributed by atoms with Crippen LogP contribution in [-0.2, 0) is 0 Å². The van der Waals surface area contributed by atoms with Crippen molar-refractivity contribution in [2.45, 2.75) is 19.9 Å². The number of rotatable bonds is 3. The molecule has 0 spiro atoms. The molecule has 1 atom stereocenters. The zero-order chi connectivity index (χ0) is 12.4. The predicted octanol–water partition coefficient (Wildman–Crippen LogP) is 3.98. The lowest BCUT2D eigenvalue weighted by atomic mass is 10.2. The summed E-state index contributed by atoms with van der Waals surface area (Å²) in [6, 6.07) is 6.14. The molecule has 1 aromatic carbocycles. The molecule has 0 saturated carbocycles. The van der Waals surface area contributed by atoms with Crippen molar-refractivity contribution in [2.75, 3.05) is 5.32 Å². The number of halogens is 1. The van der Waals surface area contributed by atoms with E-state index < -0.39 is 0 Å². The maximum Gasteiger partial charge on any atom is 0.187 e. The highest BCUT2D eigenvalue weighted by molar-refractivity contribution is 9.10. The Hall–Kier alpha value is -0.910. The fourth-order valence-electron chi connectivity index (χ4n) is 1.39. The Kier molecular flexibility index (Phi) is 3.81. The Morgan fingerprint density at radius 1 is 1.47 bits per heavy atom. The van der Waals surface area contributed by atoms with Crippen LogP contribution in [0.5, 0.6) is 0 Å². The molecule has 2 aromatic rings. The normalized spacial score (nSPS) is 12.5. The first kappa shape index (κ1) is 12.5. The molecular formula is C12H14BrN3S. The molecule has 0 aliphatic rings. The van der Waals surface area contributed by atoms with Crippen molar-refractivity contribution in [3.63, 3.8) is 0 Å². The van der Waals surface area contributed by atoms with Gasteiger partial charge in [0, 0.05) is 15.9 Å². The lowest BCUT2D eigenvalue weighted by Crippen LogP contribution is -2.05. The largest absolute Gasteiger partial charge is 0.331 e. The van der Waals surface area contributed by atoms with Crippen LogP contribution in [0, 0.1) is 6.92 Å². The van der Waals surface area contributed by atoms with Crippen LogP contribution in [0.3, 0.4) is 0 Å². The highest BCUT2D eigenvalue weighted by atomic mass is 79.9. The summed E-state index contributed by atoms with van der Waals surface area (Å²) in [7, 11) is 0. The second kappa shape index (κ2) is 5.16. The van der Waals surface area contributed by atoms with Crippen molar-refractivity contribution >= 4 is 38.1 Å². The number of hydrogen-bond donors (Lipinski definition) is 2. The topological polar surface area (TPSA) is 50.9 Å². The molecule has 0 aliphatic heterocycles. The first-order valence-corrected chi connectivity index (χ1v) is 6.97. The van der Waals surface area contributed by atoms with Crippen molar-refractivity contribution in [1.29, 1.82) is 0 Å². The Morgan fingerprint density at radius 3 is 2.82 bits per heavy atom. The molecule has 17 heavy (non-hydrogen) atoms. The van der Waals surface area contributed by atoms with Gasteiger partial charge in [0.15, 0.2) is 5.13 Å². The number of anilines is 2. The Morgan fingerprint density at radius 2 is 2.24 bits per heavy atom. The fourth-order valence-corrected chi connectivity index (χ4v) is 2.81. The molecule has 3 N–H and O–H groups in total. The van der Waals surface area contributed by atoms with Gasteiger partial charge in [0.1, 0.15) is 0 Å². The maximum atomic E-state index is 5.78. The van der Waals surface area contributed by atoms with E-state index >= 15 is 0 Å². The van der Waals surface area contributed by atoms with Gasteiger partial charge >= 0.3 is 0 Å². The van der Waals surface area contributed by atoms with Crippen LogP contribution in [0.2, 0.25) is 0 Å². The minimum Gasteiger partial charge on any atom is -0.331 e. The Labute approximate surface area is 113 Å². The van der Waals surface area contributed by atoms with Gasteiger partial charge in [-0.25, -0.2) is 4.98 Å². The molecule has 3 nitrogen and oxygen atoms in total. The van der Waals surface area contributed by atoms with Crippen molar-refractivity contribution in [3.8, 4) is 0 Å². The van der Waals surface area contributed by atoms with Gasteiger partial charge in [-0.05, 0) is 47.5 Å². The maximum absolute atomic E-state index is 5.78. The summed E-state index contributed by atoms with van der Waals surface area (Å²) in [5.74, 6) is 0. The van der Waals surface area contributed by atoms with E-state index in [1.807, 2.05) is 18.4 Å². The Balaban J connectivity index is 2.19. The predicted molar refractivity (Wildman–Crippen MR) is 76.9 cm³/mol. The zero-order valence-corrected chi connectivity index (χ0v) is 12.1. The van der Waals surface area contributed by atoms with E-state index in [0.717, 1.165) is 21.0 Å². The second-order valence-electron chi connectivity index (χ2n) is 3.97. The van der Waals surface area contributed by atoms with Crippen molar-refractivity contribution < 1.29 is 0 Å². The summed E-state index contributed by atoms with van der Waals surface area (Å²) in [6.07, 6.45) is 0. The van der Waals surface area contributed by atoms with E-state index in [2.05, 4.69) is 45.3 Å². The summed E-state index contributed by atoms with van der Waals surface area (Å²) >= 11 is 5.09. The highest BCUT2D eigenvalue weighted by Crippen LogP contribution is 2.29. The van der Waals surface area contributed by atoms with Crippen LogP contribution in [0.25, 0.3) is 0 Å². The minimum atomic E-state index is -0.0248. The number of aryl methyl sites for hydroxylation is 1. The first-order chi connectivity index (χ1) is 8.06. The number of aromatic nitrogens is 1. The summed E-state index contributed by atoms with van der Waals surface area (Å²) in [6.45, 7) is 3.99. The third-order valence-corrected chi connectivity index (χ3v) is 3.79. The Bertz CT molecular complexity index is 522. The summed E-state index contributed by atoms with van der Waals surface area (Å²) in [4.78, 5) is 4.43. The highest BCUT2D eigenvalue weighted by Gasteiger charge is 2.07. The van der Waals surface area contributed by atoms with E-state index in [1.54, 1.807) is 11.3 Å². The van der Waals surface area contributed by atoms with Crippen LogP contribution in [-0.4, -0.2) is 4.98 Å². The molecule has 0 radical (unpaired) electrons. The van der Waals surface area contributed by atoms with Crippen LogP contribution >= 0.6 is 27.3 Å². The van der Waals surface area contributed by atoms with Crippen molar-refractivity contribution in [2.24, 2.45) is 5.73 Å². The third kappa shape index (κ3) is 3.06. The molecule has 90 valence electrons. The average molecular weight is 312 g/mol. The molecule has 5 heteroatoms. The van der Waals surface area contributed by atoms with Crippen LogP contribution in [0.4, 0.5) is 10.8 Å². The number of hydrogen-bond acceptors (Lipinski definition) is 4. The van der Waals surface area contributed by atoms with Crippen LogP contribution in [0.15, 0.2) is 28.1 Å². The number of nitrogens with two attached hydrogens (primary N) is 1. The number of nitrogens with zero attached hydrogens (tertiary/aromatic N) is 1. The SMILES string of the molecule is Cc1ccc(Nc2nc(C(C)N)cs2)c(Br)c1. The summed E-state index contributed by atoms with van der Waals surface area (Å²) in [5.41, 5.74) is 8.93. The van der Waals surface area contributed by atoms with Crippen LogP contribution < -0.4 is 11.1 Å². The van der Waals surface area contributed by atoms with E-state index in [0.29, 0.717) is 0 Å². The lowest BCUT2D eigenvalue weighted by molar-refractivity contribution is 0.790. The smallest absolute Gasteiger partial charge is 0.187 e. The standard InChI is InChI=1S/C12H14BrN3S/c1-7-3-4-10(9(13)5-7)15-12-16-11(6-17-12)8(2)14/h3-6,8H,14H2,1-2H3,(H,15,16). The van der Waals surface area contributed by atoms with Crippen molar-refractivity contribution in [3.05, 3.63) is 39.3 Å². The fraction of sp³-hybridized carbons (Fsp3) is 0.250. The van der Waals surface area contributed by atoms with Crippen molar-refractivity contribution in [1.82, 2.24) is 4.98 Å². The molecule has 1 heterocycles. The molecule has 0 amide bonds. The van der Waals surface area contributed by atoms with E-state index in [1.165, 1.54) is 5.56 Å². The van der Waals surface area contributed by atoms with E-state index in [4.69, 9.17) is 5.73 Å². The van der Waals surface area contributed by atoms with E-state index in [9.17, 15) is 0 Å². The molecule has 0 bridgehead atoms. The summed E-state index contributed by atoms with van der Waals surface area (Å²) < 4.78 is 1.04. The van der Waals surface area contributed by atoms with Gasteiger partial charge in [0.2, 0.25) is 0 Å². The van der Waals surface area contributed by atoms with Gasteiger partial charge in [-0.15, -0.1) is 11.3 Å². The molecule has 0 aliphatic carbocycles. The van der Waals surface area contributed by atoms with Crippen LogP contribution in [0.1, 0.15) is 24.2 Å². The molecular weight excluding hydrogens is 298 g/mol. The third-order valence-electron chi connectivity index (χ3n) is 2.35. The first-order valence-electron chi connectivity index (χ1n) is 5.30. The average Bonchev–Trinajstić information content (AvgIpc) is 2.71. The monoisotopic (exact) mass is 311 g/mol. The van der Waals surface area contributed by atoms with E-state index in [-0.39, 0.29) is 6.04 Å². The quantitative estimate of drug-likeness (QED) is 0.901. The van der Waals surface area contributed by atoms with Gasteiger partial charge in [-0.1, -0.05) is 6.07 Å². The van der Waals surface area contributed by atoms with Gasteiger partial charge in [-0.3, -0.25) is 0 Å². The van der Waals surface area contributed by atoms with Gasteiger partial charge < -0.3 is 11.1 Å². The van der Waals surface area contributed by atoms with Gasteiger partial charge in [0.05, 0.1) is 11.4 Å². The molecule has 0 saturated heterocycles. The molecule has 2 rings (SSSR count).